The first-order valence-corrected chi connectivity index (χ1v) is 6.09. The summed E-state index contributed by atoms with van der Waals surface area (Å²) < 4.78 is 0. The summed E-state index contributed by atoms with van der Waals surface area (Å²) in [5.41, 5.74) is 1.32. The fourth-order valence-electron chi connectivity index (χ4n) is 3.15. The zero-order valence-electron chi connectivity index (χ0n) is 9.56. The lowest BCUT2D eigenvalue weighted by atomic mass is 9.76. The number of hydrogen-bond acceptors (Lipinski definition) is 2. The van der Waals surface area contributed by atoms with E-state index in [2.05, 4.69) is 19.1 Å². The van der Waals surface area contributed by atoms with E-state index in [0.29, 0.717) is 6.04 Å². The van der Waals surface area contributed by atoms with Gasteiger partial charge in [0.05, 0.1) is 17.5 Å². The van der Waals surface area contributed by atoms with Crippen molar-refractivity contribution in [2.24, 2.45) is 10.9 Å². The van der Waals surface area contributed by atoms with E-state index in [9.17, 15) is 5.11 Å². The van der Waals surface area contributed by atoms with E-state index in [1.54, 1.807) is 0 Å². The molecule has 0 saturated heterocycles. The van der Waals surface area contributed by atoms with Gasteiger partial charge in [-0.25, -0.2) is 0 Å². The molecule has 0 radical (unpaired) electrons. The lowest BCUT2D eigenvalue weighted by Crippen LogP contribution is -2.45. The van der Waals surface area contributed by atoms with Gasteiger partial charge in [-0.05, 0) is 37.5 Å². The van der Waals surface area contributed by atoms with E-state index in [1.165, 1.54) is 10.8 Å². The van der Waals surface area contributed by atoms with E-state index < -0.39 is 0 Å². The van der Waals surface area contributed by atoms with Crippen molar-refractivity contribution in [2.75, 3.05) is 0 Å². The van der Waals surface area contributed by atoms with Crippen LogP contribution in [0.4, 0.5) is 0 Å². The summed E-state index contributed by atoms with van der Waals surface area (Å²) in [6, 6.07) is 8.59. The van der Waals surface area contributed by atoms with Gasteiger partial charge < -0.3 is 5.11 Å². The Balaban J connectivity index is 2.23. The maximum Gasteiger partial charge on any atom is 0.0649 e. The molecule has 1 aliphatic heterocycles. The first-order valence-electron chi connectivity index (χ1n) is 6.09. The summed E-state index contributed by atoms with van der Waals surface area (Å²) in [6.45, 7) is 2.15. The highest BCUT2D eigenvalue weighted by atomic mass is 16.3. The fraction of sp³-hybridized carbons (Fsp3) is 0.500. The van der Waals surface area contributed by atoms with Crippen LogP contribution in [0, 0.1) is 5.92 Å². The first-order chi connectivity index (χ1) is 7.77. The molecule has 3 unspecified atom stereocenters. The van der Waals surface area contributed by atoms with Crippen molar-refractivity contribution in [3.05, 3.63) is 34.8 Å². The van der Waals surface area contributed by atoms with Crippen molar-refractivity contribution in [1.29, 1.82) is 0 Å². The van der Waals surface area contributed by atoms with Gasteiger partial charge in [-0.2, -0.15) is 0 Å². The minimum atomic E-state index is -0.198. The molecule has 0 aromatic heterocycles. The molecule has 1 fully saturated rings. The van der Waals surface area contributed by atoms with Gasteiger partial charge in [-0.1, -0.05) is 23.8 Å². The van der Waals surface area contributed by atoms with Gasteiger partial charge in [-0.15, -0.1) is 0 Å². The Morgan fingerprint density at radius 3 is 2.94 bits per heavy atom. The molecule has 1 N–H and O–H groups in total. The van der Waals surface area contributed by atoms with Crippen LogP contribution < -0.4 is 10.6 Å². The van der Waals surface area contributed by atoms with E-state index in [4.69, 9.17) is 4.99 Å². The predicted octanol–water partition coefficient (Wildman–Crippen LogP) is 1.02. The van der Waals surface area contributed by atoms with Crippen molar-refractivity contribution >= 4 is 5.57 Å². The summed E-state index contributed by atoms with van der Waals surface area (Å²) in [5.74, 6) is 0.253. The van der Waals surface area contributed by atoms with Gasteiger partial charge in [0.2, 0.25) is 0 Å². The average molecular weight is 215 g/mol. The molecule has 0 spiro atoms. The lowest BCUT2D eigenvalue weighted by molar-refractivity contribution is 0.0832. The molecule has 16 heavy (non-hydrogen) atoms. The van der Waals surface area contributed by atoms with E-state index in [-0.39, 0.29) is 12.0 Å². The molecule has 0 bridgehead atoms. The molecule has 2 heteroatoms. The van der Waals surface area contributed by atoms with Gasteiger partial charge in [0.1, 0.15) is 0 Å². The average Bonchev–Trinajstić information content (AvgIpc) is 2.29. The highest BCUT2D eigenvalue weighted by Gasteiger charge is 2.34. The zero-order chi connectivity index (χ0) is 11.1. The number of aliphatic hydroxyl groups is 1. The molecule has 1 heterocycles. The smallest absolute Gasteiger partial charge is 0.0649 e. The predicted molar refractivity (Wildman–Crippen MR) is 63.4 cm³/mol. The molecule has 2 nitrogen and oxygen atoms in total. The molecule has 84 valence electrons. The summed E-state index contributed by atoms with van der Waals surface area (Å²) in [6.07, 6.45) is 2.95. The minimum absolute atomic E-state index is 0.198. The van der Waals surface area contributed by atoms with Crippen LogP contribution in [0.2, 0.25) is 0 Å². The number of fused-ring (bicyclic) bond motifs is 2. The van der Waals surface area contributed by atoms with Gasteiger partial charge in [0, 0.05) is 5.92 Å². The summed E-state index contributed by atoms with van der Waals surface area (Å²) in [7, 11) is 0. The van der Waals surface area contributed by atoms with Gasteiger partial charge >= 0.3 is 0 Å². The SMILES string of the molecule is CC1=c2ccccc2=NC2CCCC(O)C12. The van der Waals surface area contributed by atoms with Crippen LogP contribution in [0.1, 0.15) is 26.2 Å². The monoisotopic (exact) mass is 215 g/mol. The van der Waals surface area contributed by atoms with Crippen molar-refractivity contribution in [2.45, 2.75) is 38.3 Å². The van der Waals surface area contributed by atoms with Crippen LogP contribution in [0.15, 0.2) is 29.3 Å². The summed E-state index contributed by atoms with van der Waals surface area (Å²) in [4.78, 5) is 4.79. The van der Waals surface area contributed by atoms with E-state index in [0.717, 1.165) is 24.6 Å². The second-order valence-corrected chi connectivity index (χ2v) is 4.92. The molecule has 3 atom stereocenters. The van der Waals surface area contributed by atoms with Gasteiger partial charge in [0.25, 0.3) is 0 Å². The molecule has 1 aromatic rings. The van der Waals surface area contributed by atoms with Crippen molar-refractivity contribution in [3.63, 3.8) is 0 Å². The Labute approximate surface area is 95.3 Å². The largest absolute Gasteiger partial charge is 0.392 e. The zero-order valence-corrected chi connectivity index (χ0v) is 9.56. The van der Waals surface area contributed by atoms with Crippen molar-refractivity contribution in [1.82, 2.24) is 0 Å². The van der Waals surface area contributed by atoms with Crippen LogP contribution in [-0.4, -0.2) is 17.3 Å². The molecule has 0 amide bonds. The molecular weight excluding hydrogens is 198 g/mol. The molecule has 1 aliphatic carbocycles. The minimum Gasteiger partial charge on any atom is -0.392 e. The summed E-state index contributed by atoms with van der Waals surface area (Å²) >= 11 is 0. The van der Waals surface area contributed by atoms with Crippen LogP contribution in [-0.2, 0) is 0 Å². The van der Waals surface area contributed by atoms with E-state index >= 15 is 0 Å². The van der Waals surface area contributed by atoms with Crippen LogP contribution in [0.3, 0.4) is 0 Å². The molecular formula is C14H17NO. The van der Waals surface area contributed by atoms with Crippen LogP contribution >= 0.6 is 0 Å². The third-order valence-electron chi connectivity index (χ3n) is 3.96. The third kappa shape index (κ3) is 1.40. The molecule has 1 saturated carbocycles. The van der Waals surface area contributed by atoms with Gasteiger partial charge in [0.15, 0.2) is 0 Å². The van der Waals surface area contributed by atoms with Crippen molar-refractivity contribution < 1.29 is 5.11 Å². The standard InChI is InChI=1S/C14H17NO/c1-9-10-5-2-3-6-11(10)15-12-7-4-8-13(16)14(9)12/h2-3,5-6,12-14,16H,4,7-8H2,1H3. The normalized spacial score (nSPS) is 32.6. The molecule has 3 rings (SSSR count). The second kappa shape index (κ2) is 3.70. The third-order valence-corrected chi connectivity index (χ3v) is 3.96. The van der Waals surface area contributed by atoms with Crippen LogP contribution in [0.25, 0.3) is 5.57 Å². The maximum atomic E-state index is 10.1. The Hall–Kier alpha value is -1.15. The highest BCUT2D eigenvalue weighted by molar-refractivity contribution is 5.48. The topological polar surface area (TPSA) is 32.6 Å². The molecule has 2 aliphatic rings. The quantitative estimate of drug-likeness (QED) is 0.688. The number of rotatable bonds is 0. The van der Waals surface area contributed by atoms with Crippen LogP contribution in [0.5, 0.6) is 0 Å². The van der Waals surface area contributed by atoms with Gasteiger partial charge in [-0.3, -0.25) is 4.99 Å². The first kappa shape index (κ1) is 10.0. The number of nitrogens with zero attached hydrogens (tertiary/aromatic N) is 1. The Morgan fingerprint density at radius 1 is 1.25 bits per heavy atom. The second-order valence-electron chi connectivity index (χ2n) is 4.92. The van der Waals surface area contributed by atoms with E-state index in [1.807, 2.05) is 12.1 Å². The Kier molecular flexibility index (Phi) is 2.32. The Bertz CT molecular complexity index is 520. The number of hydrogen-bond donors (Lipinski definition) is 1. The van der Waals surface area contributed by atoms with Crippen molar-refractivity contribution in [3.8, 4) is 0 Å². The number of para-hydroxylation sites is 1. The highest BCUT2D eigenvalue weighted by Crippen LogP contribution is 2.33. The number of benzene rings is 1. The summed E-state index contributed by atoms with van der Waals surface area (Å²) in [5, 5.41) is 12.5. The number of aliphatic hydroxyl groups excluding tert-OH is 1. The maximum absolute atomic E-state index is 10.1. The fourth-order valence-corrected chi connectivity index (χ4v) is 3.15. The lowest BCUT2D eigenvalue weighted by Gasteiger charge is -2.35. The Morgan fingerprint density at radius 2 is 2.06 bits per heavy atom. The molecule has 1 aromatic carbocycles.